The van der Waals surface area contributed by atoms with Crippen LogP contribution >= 0.6 is 23.4 Å². The molecule has 2 aromatic carbocycles. The maximum atomic E-state index is 12.6. The summed E-state index contributed by atoms with van der Waals surface area (Å²) >= 11 is 7.41. The van der Waals surface area contributed by atoms with Crippen molar-refractivity contribution in [3.8, 4) is 0 Å². The van der Waals surface area contributed by atoms with E-state index >= 15 is 0 Å². The molecule has 3 rings (SSSR count). The van der Waals surface area contributed by atoms with Crippen LogP contribution in [0.3, 0.4) is 0 Å². The Morgan fingerprint density at radius 1 is 1.21 bits per heavy atom. The van der Waals surface area contributed by atoms with Crippen LogP contribution in [0.5, 0.6) is 0 Å². The van der Waals surface area contributed by atoms with Crippen LogP contribution < -0.4 is 10.6 Å². The zero-order chi connectivity index (χ0) is 24.0. The van der Waals surface area contributed by atoms with Gasteiger partial charge in [0.15, 0.2) is 11.0 Å². The monoisotopic (exact) mass is 483 g/mol. The first kappa shape index (κ1) is 24.5. The number of hydrogen-bond donors (Lipinski definition) is 2. The molecule has 1 atom stereocenters. The van der Waals surface area contributed by atoms with E-state index in [4.69, 9.17) is 11.6 Å². The topological polar surface area (TPSA) is 88.9 Å². The molecule has 1 heterocycles. The number of allylic oxidation sites excluding steroid dienone is 1. The molecule has 172 valence electrons. The summed E-state index contributed by atoms with van der Waals surface area (Å²) in [5, 5.41) is 15.3. The number of nitrogens with zero attached hydrogens (tertiary/aromatic N) is 3. The van der Waals surface area contributed by atoms with Crippen LogP contribution in [0.15, 0.2) is 60.3 Å². The standard InChI is InChI=1S/C24H26ClN5O2S/c1-5-12-30-22(17(4)26-23(32)18-8-6-7-9-19(18)25)28-29-24(30)33-14-21(31)27-20-13-15(2)10-11-16(20)3/h5-11,13,17H,1,12,14H2,2-4H3,(H,26,32)(H,27,31)/t17-/m0/s1. The van der Waals surface area contributed by atoms with Gasteiger partial charge >= 0.3 is 0 Å². The van der Waals surface area contributed by atoms with Crippen molar-refractivity contribution in [2.45, 2.75) is 38.5 Å². The van der Waals surface area contributed by atoms with E-state index in [0.29, 0.717) is 28.1 Å². The molecule has 2 N–H and O–H groups in total. The van der Waals surface area contributed by atoms with E-state index in [1.165, 1.54) is 11.8 Å². The first-order valence-electron chi connectivity index (χ1n) is 10.4. The van der Waals surface area contributed by atoms with Crippen molar-refractivity contribution in [2.75, 3.05) is 11.1 Å². The second kappa shape index (κ2) is 11.2. The lowest BCUT2D eigenvalue weighted by Gasteiger charge is -2.16. The highest BCUT2D eigenvalue weighted by atomic mass is 35.5. The van der Waals surface area contributed by atoms with Crippen molar-refractivity contribution in [1.29, 1.82) is 0 Å². The number of carbonyl (C=O) groups is 2. The predicted octanol–water partition coefficient (Wildman–Crippen LogP) is 4.96. The first-order valence-corrected chi connectivity index (χ1v) is 11.8. The Morgan fingerprint density at radius 2 is 1.97 bits per heavy atom. The van der Waals surface area contributed by atoms with Gasteiger partial charge in [0.1, 0.15) is 0 Å². The van der Waals surface area contributed by atoms with Crippen molar-refractivity contribution >= 4 is 40.9 Å². The fraction of sp³-hybridized carbons (Fsp3) is 0.250. The summed E-state index contributed by atoms with van der Waals surface area (Å²) in [5.74, 6) is 0.294. The molecular weight excluding hydrogens is 458 g/mol. The number of halogens is 1. The average Bonchev–Trinajstić information content (AvgIpc) is 3.18. The Bertz CT molecular complexity index is 1180. The van der Waals surface area contributed by atoms with Crippen LogP contribution in [-0.2, 0) is 11.3 Å². The van der Waals surface area contributed by atoms with E-state index in [1.54, 1.807) is 30.3 Å². The summed E-state index contributed by atoms with van der Waals surface area (Å²) in [5.41, 5.74) is 3.26. The Kier molecular flexibility index (Phi) is 8.30. The van der Waals surface area contributed by atoms with Gasteiger partial charge in [-0.2, -0.15) is 0 Å². The molecule has 7 nitrogen and oxygen atoms in total. The van der Waals surface area contributed by atoms with Crippen molar-refractivity contribution in [1.82, 2.24) is 20.1 Å². The molecule has 0 aliphatic carbocycles. The number of aryl methyl sites for hydroxylation is 2. The highest BCUT2D eigenvalue weighted by Crippen LogP contribution is 2.23. The molecule has 0 spiro atoms. The molecule has 0 unspecified atom stereocenters. The van der Waals surface area contributed by atoms with Crippen molar-refractivity contribution in [3.05, 3.63) is 82.7 Å². The highest BCUT2D eigenvalue weighted by Gasteiger charge is 2.21. The molecule has 0 aliphatic rings. The van der Waals surface area contributed by atoms with E-state index in [0.717, 1.165) is 16.8 Å². The number of rotatable bonds is 9. The molecule has 0 bridgehead atoms. The van der Waals surface area contributed by atoms with Gasteiger partial charge in [0.25, 0.3) is 5.91 Å². The summed E-state index contributed by atoms with van der Waals surface area (Å²) in [6.07, 6.45) is 1.72. The molecule has 0 radical (unpaired) electrons. The lowest BCUT2D eigenvalue weighted by molar-refractivity contribution is -0.113. The Balaban J connectivity index is 1.69. The smallest absolute Gasteiger partial charge is 0.253 e. The van der Waals surface area contributed by atoms with Gasteiger partial charge in [-0.1, -0.05) is 53.7 Å². The van der Waals surface area contributed by atoms with Crippen LogP contribution in [-0.4, -0.2) is 32.3 Å². The second-order valence-corrected chi connectivity index (χ2v) is 8.92. The molecule has 0 fully saturated rings. The van der Waals surface area contributed by atoms with E-state index in [1.807, 2.05) is 43.5 Å². The molecular formula is C24H26ClN5O2S. The zero-order valence-corrected chi connectivity index (χ0v) is 20.3. The predicted molar refractivity (Wildman–Crippen MR) is 133 cm³/mol. The minimum absolute atomic E-state index is 0.136. The molecule has 3 aromatic rings. The van der Waals surface area contributed by atoms with E-state index in [2.05, 4.69) is 27.4 Å². The van der Waals surface area contributed by atoms with Crippen molar-refractivity contribution < 1.29 is 9.59 Å². The van der Waals surface area contributed by atoms with Gasteiger partial charge in [0, 0.05) is 12.2 Å². The lowest BCUT2D eigenvalue weighted by Crippen LogP contribution is -2.29. The van der Waals surface area contributed by atoms with Gasteiger partial charge < -0.3 is 15.2 Å². The van der Waals surface area contributed by atoms with Crippen LogP contribution in [0.4, 0.5) is 5.69 Å². The number of anilines is 1. The van der Waals surface area contributed by atoms with Crippen molar-refractivity contribution in [2.24, 2.45) is 0 Å². The highest BCUT2D eigenvalue weighted by molar-refractivity contribution is 7.99. The molecule has 0 saturated carbocycles. The number of thioether (sulfide) groups is 1. The zero-order valence-electron chi connectivity index (χ0n) is 18.8. The van der Waals surface area contributed by atoms with Gasteiger partial charge in [-0.25, -0.2) is 0 Å². The summed E-state index contributed by atoms with van der Waals surface area (Å²) in [6, 6.07) is 12.3. The van der Waals surface area contributed by atoms with Crippen molar-refractivity contribution in [3.63, 3.8) is 0 Å². The van der Waals surface area contributed by atoms with Gasteiger partial charge in [-0.3, -0.25) is 9.59 Å². The average molecular weight is 484 g/mol. The maximum absolute atomic E-state index is 12.6. The van der Waals surface area contributed by atoms with Crippen LogP contribution in [0.25, 0.3) is 0 Å². The number of aromatic nitrogens is 3. The summed E-state index contributed by atoms with van der Waals surface area (Å²) in [6.45, 7) is 9.99. The first-order chi connectivity index (χ1) is 15.8. The van der Waals surface area contributed by atoms with Gasteiger partial charge in [0.2, 0.25) is 5.91 Å². The van der Waals surface area contributed by atoms with E-state index in [-0.39, 0.29) is 17.6 Å². The fourth-order valence-corrected chi connectivity index (χ4v) is 4.18. The third kappa shape index (κ3) is 6.24. The summed E-state index contributed by atoms with van der Waals surface area (Å²) in [7, 11) is 0. The van der Waals surface area contributed by atoms with Gasteiger partial charge in [-0.15, -0.1) is 16.8 Å². The maximum Gasteiger partial charge on any atom is 0.253 e. The van der Waals surface area contributed by atoms with Gasteiger partial charge in [0.05, 0.1) is 22.4 Å². The second-order valence-electron chi connectivity index (χ2n) is 7.57. The quantitative estimate of drug-likeness (QED) is 0.332. The number of carbonyl (C=O) groups excluding carboxylic acids is 2. The minimum Gasteiger partial charge on any atom is -0.342 e. The Morgan fingerprint density at radius 3 is 2.70 bits per heavy atom. The number of amides is 2. The van der Waals surface area contributed by atoms with Crippen LogP contribution in [0, 0.1) is 13.8 Å². The molecule has 1 aromatic heterocycles. The largest absolute Gasteiger partial charge is 0.342 e. The molecule has 9 heteroatoms. The van der Waals surface area contributed by atoms with Crippen LogP contribution in [0.1, 0.15) is 40.3 Å². The molecule has 0 saturated heterocycles. The third-order valence-corrected chi connectivity index (χ3v) is 6.21. The Hall–Kier alpha value is -3.10. The van der Waals surface area contributed by atoms with Crippen LogP contribution in [0.2, 0.25) is 5.02 Å². The fourth-order valence-electron chi connectivity index (χ4n) is 3.20. The lowest BCUT2D eigenvalue weighted by atomic mass is 10.1. The molecule has 2 amide bonds. The summed E-state index contributed by atoms with van der Waals surface area (Å²) in [4.78, 5) is 25.1. The Labute approximate surface area is 202 Å². The SMILES string of the molecule is C=CCn1c(SCC(=O)Nc2cc(C)ccc2C)nnc1[C@H](C)NC(=O)c1ccccc1Cl. The van der Waals surface area contributed by atoms with E-state index < -0.39 is 6.04 Å². The number of benzene rings is 2. The minimum atomic E-state index is -0.431. The third-order valence-electron chi connectivity index (χ3n) is 4.91. The normalized spacial score (nSPS) is 11.6. The number of hydrogen-bond acceptors (Lipinski definition) is 5. The molecule has 33 heavy (non-hydrogen) atoms. The van der Waals surface area contributed by atoms with Gasteiger partial charge in [-0.05, 0) is 50.1 Å². The van der Waals surface area contributed by atoms with E-state index in [9.17, 15) is 9.59 Å². The summed E-state index contributed by atoms with van der Waals surface area (Å²) < 4.78 is 1.83. The number of nitrogens with one attached hydrogen (secondary N) is 2. The molecule has 0 aliphatic heterocycles.